The van der Waals surface area contributed by atoms with Crippen LogP contribution in [0.4, 0.5) is 13.2 Å². The molecule has 0 radical (unpaired) electrons. The van der Waals surface area contributed by atoms with Crippen molar-refractivity contribution >= 4 is 29.6 Å². The number of nitrogens with zero attached hydrogens (tertiary/aromatic N) is 3. The first kappa shape index (κ1) is 34.3. The molecule has 10 nitrogen and oxygen atoms in total. The molecule has 2 rings (SSSR count). The molecule has 41 heavy (non-hydrogen) atoms. The molecule has 2 atom stereocenters. The first-order valence-corrected chi connectivity index (χ1v) is 14.2. The molecular formula is C28H45F3N4O6. The Morgan fingerprint density at radius 1 is 0.902 bits per heavy atom. The first-order valence-electron chi connectivity index (χ1n) is 14.2. The smallest absolute Gasteiger partial charge is 0.460 e. The Hall–Kier alpha value is -2.86. The van der Waals surface area contributed by atoms with E-state index in [2.05, 4.69) is 0 Å². The Kier molecular flexibility index (Phi) is 11.2. The Morgan fingerprint density at radius 2 is 1.44 bits per heavy atom. The van der Waals surface area contributed by atoms with Crippen molar-refractivity contribution in [3.8, 4) is 0 Å². The molecule has 234 valence electrons. The molecule has 4 amide bonds. The number of ether oxygens (including phenoxy) is 1. The number of nitrogens with one attached hydrogen (secondary N) is 1. The molecule has 0 bridgehead atoms. The van der Waals surface area contributed by atoms with Gasteiger partial charge in [0.25, 0.3) is 0 Å². The van der Waals surface area contributed by atoms with Gasteiger partial charge in [0.2, 0.25) is 17.7 Å². The number of alkyl halides is 3. The normalized spacial score (nSPS) is 18.9. The van der Waals surface area contributed by atoms with Crippen molar-refractivity contribution in [2.45, 2.75) is 115 Å². The standard InChI is InChI=1S/C28H45F3N4O6/c1-18(2)21(34(7)25(40)27(13-9-10-14-27)32-24(39)28(29,30)31)23(38)33(6)19(17-20(36)41-26(3,4)5)22(37)35-15-11-8-12-16-35/h18-19,21H,8-17H2,1-7H3,(H,32,39)/t19?,21-/m0/s1. The van der Waals surface area contributed by atoms with Crippen LogP contribution < -0.4 is 5.32 Å². The molecule has 13 heteroatoms. The maximum absolute atomic E-state index is 14.0. The van der Waals surface area contributed by atoms with Gasteiger partial charge in [-0.3, -0.25) is 24.0 Å². The Bertz CT molecular complexity index is 982. The fourth-order valence-corrected chi connectivity index (χ4v) is 5.64. The molecular weight excluding hydrogens is 545 g/mol. The van der Waals surface area contributed by atoms with Crippen LogP contribution in [-0.2, 0) is 28.7 Å². The lowest BCUT2D eigenvalue weighted by Crippen LogP contribution is -2.64. The number of carbonyl (C=O) groups is 5. The number of carbonyl (C=O) groups excluding carboxylic acids is 5. The van der Waals surface area contributed by atoms with Crippen LogP contribution in [0.5, 0.6) is 0 Å². The number of likely N-dealkylation sites (tertiary alicyclic amines) is 1. The van der Waals surface area contributed by atoms with E-state index >= 15 is 0 Å². The summed E-state index contributed by atoms with van der Waals surface area (Å²) in [4.78, 5) is 69.8. The van der Waals surface area contributed by atoms with E-state index in [1.165, 1.54) is 14.1 Å². The lowest BCUT2D eigenvalue weighted by molar-refractivity contribution is -0.177. The van der Waals surface area contributed by atoms with Gasteiger partial charge in [0, 0.05) is 27.2 Å². The minimum Gasteiger partial charge on any atom is -0.460 e. The van der Waals surface area contributed by atoms with Crippen molar-refractivity contribution < 1.29 is 41.9 Å². The number of amides is 4. The highest BCUT2D eigenvalue weighted by Crippen LogP contribution is 2.34. The van der Waals surface area contributed by atoms with Crippen LogP contribution in [0.25, 0.3) is 0 Å². The zero-order valence-electron chi connectivity index (χ0n) is 25.2. The van der Waals surface area contributed by atoms with Gasteiger partial charge in [-0.2, -0.15) is 13.2 Å². The van der Waals surface area contributed by atoms with Gasteiger partial charge in [0.05, 0.1) is 6.42 Å². The van der Waals surface area contributed by atoms with Crippen LogP contribution in [0.1, 0.15) is 86.0 Å². The number of hydrogen-bond acceptors (Lipinski definition) is 6. The van der Waals surface area contributed by atoms with E-state index in [0.29, 0.717) is 25.9 Å². The van der Waals surface area contributed by atoms with Gasteiger partial charge in [-0.15, -0.1) is 0 Å². The van der Waals surface area contributed by atoms with Crippen LogP contribution in [0.3, 0.4) is 0 Å². The summed E-state index contributed by atoms with van der Waals surface area (Å²) in [5, 5.41) is 1.90. The van der Waals surface area contributed by atoms with Crippen molar-refractivity contribution in [2.24, 2.45) is 5.92 Å². The van der Waals surface area contributed by atoms with Crippen LogP contribution in [0.15, 0.2) is 0 Å². The van der Waals surface area contributed by atoms with E-state index in [9.17, 15) is 37.1 Å². The second kappa shape index (κ2) is 13.4. The molecule has 1 unspecified atom stereocenters. The second-order valence-corrected chi connectivity index (χ2v) is 12.5. The molecule has 2 fully saturated rings. The highest BCUT2D eigenvalue weighted by Gasteiger charge is 2.51. The number of piperidine rings is 1. The van der Waals surface area contributed by atoms with Gasteiger partial charge >= 0.3 is 18.1 Å². The van der Waals surface area contributed by atoms with Crippen LogP contribution in [0.2, 0.25) is 0 Å². The minimum atomic E-state index is -5.17. The van der Waals surface area contributed by atoms with E-state index < -0.39 is 71.3 Å². The predicted molar refractivity (Wildman–Crippen MR) is 144 cm³/mol. The molecule has 0 aromatic carbocycles. The molecule has 0 aromatic rings. The predicted octanol–water partition coefficient (Wildman–Crippen LogP) is 3.03. The van der Waals surface area contributed by atoms with Crippen LogP contribution in [0, 0.1) is 5.92 Å². The van der Waals surface area contributed by atoms with Gasteiger partial charge in [0.15, 0.2) is 0 Å². The van der Waals surface area contributed by atoms with Crippen LogP contribution >= 0.6 is 0 Å². The minimum absolute atomic E-state index is 0.00154. The molecule has 2 aliphatic rings. The summed E-state index contributed by atoms with van der Waals surface area (Å²) in [5.41, 5.74) is -2.62. The average molecular weight is 591 g/mol. The third kappa shape index (κ3) is 8.81. The summed E-state index contributed by atoms with van der Waals surface area (Å²) >= 11 is 0. The average Bonchev–Trinajstić information content (AvgIpc) is 3.34. The highest BCUT2D eigenvalue weighted by atomic mass is 19.4. The molecule has 1 saturated heterocycles. The maximum atomic E-state index is 14.0. The largest absolute Gasteiger partial charge is 0.471 e. The summed E-state index contributed by atoms with van der Waals surface area (Å²) in [6.07, 6.45) is -2.16. The van der Waals surface area contributed by atoms with Gasteiger partial charge < -0.3 is 24.8 Å². The van der Waals surface area contributed by atoms with Crippen molar-refractivity contribution in [3.63, 3.8) is 0 Å². The quantitative estimate of drug-likeness (QED) is 0.413. The summed E-state index contributed by atoms with van der Waals surface area (Å²) in [6.45, 7) is 9.38. The summed E-state index contributed by atoms with van der Waals surface area (Å²) in [5.74, 6) is -5.26. The maximum Gasteiger partial charge on any atom is 0.471 e. The lowest BCUT2D eigenvalue weighted by Gasteiger charge is -2.41. The van der Waals surface area contributed by atoms with E-state index in [0.717, 1.165) is 29.1 Å². The molecule has 0 aromatic heterocycles. The molecule has 1 N–H and O–H groups in total. The molecule has 1 heterocycles. The third-order valence-electron chi connectivity index (χ3n) is 7.65. The summed E-state index contributed by atoms with van der Waals surface area (Å²) in [6, 6.07) is -2.38. The fourth-order valence-electron chi connectivity index (χ4n) is 5.64. The van der Waals surface area contributed by atoms with Gasteiger partial charge in [-0.1, -0.05) is 26.7 Å². The van der Waals surface area contributed by atoms with Crippen molar-refractivity contribution in [2.75, 3.05) is 27.2 Å². The number of likely N-dealkylation sites (N-methyl/N-ethyl adjacent to an activating group) is 2. The van der Waals surface area contributed by atoms with Crippen molar-refractivity contribution in [1.29, 1.82) is 0 Å². The molecule has 1 aliphatic carbocycles. The number of rotatable bonds is 9. The van der Waals surface area contributed by atoms with Crippen LogP contribution in [-0.4, -0.2) is 101 Å². The summed E-state index contributed by atoms with van der Waals surface area (Å²) < 4.78 is 44.8. The van der Waals surface area contributed by atoms with E-state index in [1.54, 1.807) is 39.5 Å². The van der Waals surface area contributed by atoms with Crippen molar-refractivity contribution in [1.82, 2.24) is 20.0 Å². The van der Waals surface area contributed by atoms with Gasteiger partial charge in [-0.25, -0.2) is 0 Å². The molecule has 1 aliphatic heterocycles. The highest BCUT2D eigenvalue weighted by molar-refractivity contribution is 5.97. The van der Waals surface area contributed by atoms with E-state index in [-0.39, 0.29) is 12.8 Å². The zero-order chi connectivity index (χ0) is 31.3. The second-order valence-electron chi connectivity index (χ2n) is 12.5. The monoisotopic (exact) mass is 590 g/mol. The van der Waals surface area contributed by atoms with Gasteiger partial charge in [-0.05, 0) is 58.8 Å². The zero-order valence-corrected chi connectivity index (χ0v) is 25.2. The van der Waals surface area contributed by atoms with Crippen molar-refractivity contribution in [3.05, 3.63) is 0 Å². The Labute approximate surface area is 240 Å². The molecule has 1 saturated carbocycles. The third-order valence-corrected chi connectivity index (χ3v) is 7.65. The number of esters is 1. The lowest BCUT2D eigenvalue weighted by atomic mass is 9.92. The number of halogens is 3. The topological polar surface area (TPSA) is 116 Å². The van der Waals surface area contributed by atoms with E-state index in [4.69, 9.17) is 4.74 Å². The SMILES string of the molecule is CC(C)[C@@H](C(=O)N(C)C(CC(=O)OC(C)(C)C)C(=O)N1CCCCC1)N(C)C(=O)C1(NC(=O)C(F)(F)F)CCCC1. The summed E-state index contributed by atoms with van der Waals surface area (Å²) in [7, 11) is 2.69. The number of hydrogen-bond donors (Lipinski definition) is 1. The Balaban J connectivity index is 2.38. The van der Waals surface area contributed by atoms with E-state index in [1.807, 2.05) is 5.32 Å². The fraction of sp³-hybridized carbons (Fsp3) is 0.821. The molecule has 0 spiro atoms. The first-order chi connectivity index (χ1) is 18.8. The Morgan fingerprint density at radius 3 is 1.90 bits per heavy atom. The van der Waals surface area contributed by atoms with Gasteiger partial charge in [0.1, 0.15) is 23.2 Å².